The Bertz CT molecular complexity index is 1060. The van der Waals surface area contributed by atoms with Crippen LogP contribution in [0.1, 0.15) is 30.3 Å². The highest BCUT2D eigenvalue weighted by atomic mass is 16.5. The summed E-state index contributed by atoms with van der Waals surface area (Å²) < 4.78 is 10.1. The fraction of sp³-hybridized carbons (Fsp3) is 0.450. The zero-order chi connectivity index (χ0) is 19.6. The molecular formula is C20H26N4O3. The average molecular weight is 370 g/mol. The third kappa shape index (κ3) is 3.73. The van der Waals surface area contributed by atoms with Crippen LogP contribution in [0.3, 0.4) is 0 Å². The summed E-state index contributed by atoms with van der Waals surface area (Å²) in [6, 6.07) is 8.19. The Morgan fingerprint density at radius 2 is 1.74 bits per heavy atom. The third-order valence-electron chi connectivity index (χ3n) is 4.71. The average Bonchev–Trinajstić information content (AvgIpc) is 3.02. The number of hydrogen-bond donors (Lipinski definition) is 0. The number of imidazole rings is 1. The highest BCUT2D eigenvalue weighted by Gasteiger charge is 2.19. The minimum atomic E-state index is -0.374. The monoisotopic (exact) mass is 370 g/mol. The molecule has 0 fully saturated rings. The van der Waals surface area contributed by atoms with E-state index in [1.165, 1.54) is 17.2 Å². The maximum atomic E-state index is 12.8. The fourth-order valence-electron chi connectivity index (χ4n) is 3.14. The van der Waals surface area contributed by atoms with Crippen molar-refractivity contribution >= 4 is 11.2 Å². The second kappa shape index (κ2) is 7.92. The number of rotatable bonds is 7. The molecule has 7 nitrogen and oxygen atoms in total. The zero-order valence-electron chi connectivity index (χ0n) is 16.4. The van der Waals surface area contributed by atoms with Crippen LogP contribution in [0.5, 0.6) is 0 Å². The molecule has 0 saturated carbocycles. The molecule has 2 heterocycles. The molecule has 0 aliphatic rings. The number of aromatic nitrogens is 4. The lowest BCUT2D eigenvalue weighted by Crippen LogP contribution is -2.37. The molecule has 144 valence electrons. The van der Waals surface area contributed by atoms with Gasteiger partial charge in [-0.3, -0.25) is 13.9 Å². The van der Waals surface area contributed by atoms with Crippen molar-refractivity contribution in [3.8, 4) is 0 Å². The molecule has 0 saturated heterocycles. The first kappa shape index (κ1) is 19.1. The van der Waals surface area contributed by atoms with Crippen molar-refractivity contribution in [1.29, 1.82) is 0 Å². The van der Waals surface area contributed by atoms with Crippen LogP contribution < -0.4 is 11.2 Å². The van der Waals surface area contributed by atoms with E-state index in [2.05, 4.69) is 11.9 Å². The van der Waals surface area contributed by atoms with Crippen LogP contribution in [0, 0.1) is 6.92 Å². The van der Waals surface area contributed by atoms with Crippen molar-refractivity contribution in [1.82, 2.24) is 18.7 Å². The Hall–Kier alpha value is -2.67. The Labute approximate surface area is 157 Å². The fourth-order valence-corrected chi connectivity index (χ4v) is 3.14. The highest BCUT2D eigenvalue weighted by molar-refractivity contribution is 5.71. The van der Waals surface area contributed by atoms with E-state index < -0.39 is 0 Å². The summed E-state index contributed by atoms with van der Waals surface area (Å²) >= 11 is 0. The third-order valence-corrected chi connectivity index (χ3v) is 4.71. The summed E-state index contributed by atoms with van der Waals surface area (Å²) in [7, 11) is 3.14. The summed E-state index contributed by atoms with van der Waals surface area (Å²) in [4.78, 5) is 29.7. The standard InChI is InChI=1S/C20H26N4O3/c1-5-11-27-12-10-16-21-18-17(19(25)23(4)20(26)22(18)3)24(16)13-15-8-6-14(2)7-9-15/h6-9H,5,10-13H2,1-4H3. The number of aryl methyl sites for hydroxylation is 2. The molecule has 0 spiro atoms. The second-order valence-electron chi connectivity index (χ2n) is 6.84. The molecule has 0 bridgehead atoms. The van der Waals surface area contributed by atoms with Crippen LogP contribution in [-0.4, -0.2) is 31.9 Å². The largest absolute Gasteiger partial charge is 0.381 e. The molecule has 0 N–H and O–H groups in total. The van der Waals surface area contributed by atoms with Crippen LogP contribution in [0.15, 0.2) is 33.9 Å². The smallest absolute Gasteiger partial charge is 0.332 e. The van der Waals surface area contributed by atoms with Crippen molar-refractivity contribution in [3.05, 3.63) is 62.1 Å². The Kier molecular flexibility index (Phi) is 5.60. The molecule has 3 rings (SSSR count). The summed E-state index contributed by atoms with van der Waals surface area (Å²) in [6.07, 6.45) is 1.53. The normalized spacial score (nSPS) is 11.4. The van der Waals surface area contributed by atoms with E-state index in [0.717, 1.165) is 22.4 Å². The van der Waals surface area contributed by atoms with Crippen LogP contribution in [0.4, 0.5) is 0 Å². The van der Waals surface area contributed by atoms with E-state index >= 15 is 0 Å². The number of benzene rings is 1. The molecular weight excluding hydrogens is 344 g/mol. The van der Waals surface area contributed by atoms with Crippen molar-refractivity contribution in [2.45, 2.75) is 33.2 Å². The van der Waals surface area contributed by atoms with Crippen molar-refractivity contribution in [3.63, 3.8) is 0 Å². The van der Waals surface area contributed by atoms with Crippen molar-refractivity contribution in [2.24, 2.45) is 14.1 Å². The number of hydrogen-bond acceptors (Lipinski definition) is 4. The SMILES string of the molecule is CCCOCCc1nc2c(c(=O)n(C)c(=O)n2C)n1Cc1ccc(C)cc1. The van der Waals surface area contributed by atoms with Gasteiger partial charge >= 0.3 is 5.69 Å². The van der Waals surface area contributed by atoms with Gasteiger partial charge in [-0.1, -0.05) is 36.8 Å². The van der Waals surface area contributed by atoms with E-state index in [9.17, 15) is 9.59 Å². The molecule has 0 aliphatic heterocycles. The van der Waals surface area contributed by atoms with Crippen LogP contribution in [0.25, 0.3) is 11.2 Å². The van der Waals surface area contributed by atoms with Gasteiger partial charge in [-0.15, -0.1) is 0 Å². The predicted octanol–water partition coefficient (Wildman–Crippen LogP) is 1.76. The first-order valence-electron chi connectivity index (χ1n) is 9.22. The minimum absolute atomic E-state index is 0.326. The molecule has 0 unspecified atom stereocenters. The van der Waals surface area contributed by atoms with Gasteiger partial charge in [-0.05, 0) is 18.9 Å². The van der Waals surface area contributed by atoms with Gasteiger partial charge in [0.2, 0.25) is 0 Å². The molecule has 3 aromatic rings. The number of ether oxygens (including phenoxy) is 1. The number of nitrogens with zero attached hydrogens (tertiary/aromatic N) is 4. The lowest BCUT2D eigenvalue weighted by atomic mass is 10.1. The molecule has 27 heavy (non-hydrogen) atoms. The Balaban J connectivity index is 2.12. The summed E-state index contributed by atoms with van der Waals surface area (Å²) in [5.41, 5.74) is 2.42. The van der Waals surface area contributed by atoms with E-state index in [0.29, 0.717) is 37.3 Å². The topological polar surface area (TPSA) is 71.1 Å². The van der Waals surface area contributed by atoms with Crippen LogP contribution >= 0.6 is 0 Å². The van der Waals surface area contributed by atoms with E-state index in [4.69, 9.17) is 4.74 Å². The molecule has 7 heteroatoms. The molecule has 0 amide bonds. The predicted molar refractivity (Wildman–Crippen MR) is 105 cm³/mol. The van der Waals surface area contributed by atoms with E-state index in [1.54, 1.807) is 7.05 Å². The molecule has 0 aliphatic carbocycles. The van der Waals surface area contributed by atoms with Gasteiger partial charge in [0.25, 0.3) is 5.56 Å². The quantitative estimate of drug-likeness (QED) is 0.594. The Morgan fingerprint density at radius 1 is 1.04 bits per heavy atom. The number of fused-ring (bicyclic) bond motifs is 1. The van der Waals surface area contributed by atoms with Gasteiger partial charge in [0.05, 0.1) is 6.61 Å². The van der Waals surface area contributed by atoms with E-state index in [-0.39, 0.29) is 11.2 Å². The summed E-state index contributed by atoms with van der Waals surface area (Å²) in [5.74, 6) is 0.750. The van der Waals surface area contributed by atoms with Crippen molar-refractivity contribution in [2.75, 3.05) is 13.2 Å². The zero-order valence-corrected chi connectivity index (χ0v) is 16.4. The lowest BCUT2D eigenvalue weighted by molar-refractivity contribution is 0.136. The highest BCUT2D eigenvalue weighted by Crippen LogP contribution is 2.15. The minimum Gasteiger partial charge on any atom is -0.381 e. The first-order chi connectivity index (χ1) is 12.9. The summed E-state index contributed by atoms with van der Waals surface area (Å²) in [6.45, 7) is 5.84. The maximum absolute atomic E-state index is 12.8. The first-order valence-corrected chi connectivity index (χ1v) is 9.22. The molecule has 1 aromatic carbocycles. The van der Waals surface area contributed by atoms with Gasteiger partial charge in [-0.2, -0.15) is 0 Å². The summed E-state index contributed by atoms with van der Waals surface area (Å²) in [5, 5.41) is 0. The lowest BCUT2D eigenvalue weighted by Gasteiger charge is -2.10. The molecule has 0 radical (unpaired) electrons. The van der Waals surface area contributed by atoms with Crippen molar-refractivity contribution < 1.29 is 4.74 Å². The Morgan fingerprint density at radius 3 is 2.41 bits per heavy atom. The van der Waals surface area contributed by atoms with Gasteiger partial charge in [0.1, 0.15) is 5.82 Å². The molecule has 0 atom stereocenters. The van der Waals surface area contributed by atoms with Crippen LogP contribution in [-0.2, 0) is 31.8 Å². The second-order valence-corrected chi connectivity index (χ2v) is 6.84. The van der Waals surface area contributed by atoms with E-state index in [1.807, 2.05) is 35.8 Å². The van der Waals surface area contributed by atoms with Gasteiger partial charge < -0.3 is 9.30 Å². The molecule has 2 aromatic heterocycles. The van der Waals surface area contributed by atoms with Gasteiger partial charge in [-0.25, -0.2) is 9.78 Å². The van der Waals surface area contributed by atoms with Gasteiger partial charge in [0.15, 0.2) is 11.2 Å². The van der Waals surface area contributed by atoms with Crippen LogP contribution in [0.2, 0.25) is 0 Å². The maximum Gasteiger partial charge on any atom is 0.332 e. The van der Waals surface area contributed by atoms with Gasteiger partial charge in [0, 0.05) is 33.7 Å².